The molecule has 0 spiro atoms. The van der Waals surface area contributed by atoms with Gasteiger partial charge in [0, 0.05) is 26.1 Å². The molecule has 3 amide bonds. The zero-order valence-corrected chi connectivity index (χ0v) is 25.7. The maximum atomic E-state index is 13.9. The van der Waals surface area contributed by atoms with Gasteiger partial charge in [-0.05, 0) is 69.4 Å². The lowest BCUT2D eigenvalue weighted by Crippen LogP contribution is -2.57. The number of aldehydes is 1. The number of carbonyl (C=O) groups excluding carboxylic acids is 4. The standard InChI is InChI=1S/C33H47N5O4/c1-24(2)20-30(40)36-28(23-39)22-38(31(41)25(3)34-4)19-17-33(16-11-18-37(33)5)32(42)35-21-27-14-9-10-15-29(27)26-12-7-6-8-13-26/h6-10,12-15,23-25,28,34H,11,16-22H2,1-5H3,(H,35,42)(H,36,40). The van der Waals surface area contributed by atoms with Crippen LogP contribution in [-0.4, -0.2) is 85.2 Å². The van der Waals surface area contributed by atoms with E-state index in [4.69, 9.17) is 0 Å². The minimum atomic E-state index is -0.829. The van der Waals surface area contributed by atoms with Crippen LogP contribution in [0.3, 0.4) is 0 Å². The van der Waals surface area contributed by atoms with Gasteiger partial charge in [-0.25, -0.2) is 0 Å². The van der Waals surface area contributed by atoms with Gasteiger partial charge in [-0.2, -0.15) is 0 Å². The van der Waals surface area contributed by atoms with E-state index in [1.807, 2.05) is 57.3 Å². The fourth-order valence-corrected chi connectivity index (χ4v) is 5.65. The van der Waals surface area contributed by atoms with E-state index in [1.54, 1.807) is 18.9 Å². The highest BCUT2D eigenvalue weighted by Crippen LogP contribution is 2.32. The smallest absolute Gasteiger partial charge is 0.240 e. The van der Waals surface area contributed by atoms with Gasteiger partial charge in [0.1, 0.15) is 17.9 Å². The van der Waals surface area contributed by atoms with Crippen molar-refractivity contribution in [3.8, 4) is 11.1 Å². The molecule has 1 fully saturated rings. The summed E-state index contributed by atoms with van der Waals surface area (Å²) in [5.74, 6) is -0.333. The highest BCUT2D eigenvalue weighted by Gasteiger charge is 2.45. The Morgan fingerprint density at radius 1 is 1.05 bits per heavy atom. The van der Waals surface area contributed by atoms with Gasteiger partial charge in [0.25, 0.3) is 0 Å². The monoisotopic (exact) mass is 577 g/mol. The zero-order valence-electron chi connectivity index (χ0n) is 25.7. The van der Waals surface area contributed by atoms with E-state index in [0.29, 0.717) is 32.1 Å². The third kappa shape index (κ3) is 8.49. The average Bonchev–Trinajstić information content (AvgIpc) is 3.37. The van der Waals surface area contributed by atoms with Crippen molar-refractivity contribution < 1.29 is 19.2 Å². The van der Waals surface area contributed by atoms with Crippen LogP contribution in [0.25, 0.3) is 11.1 Å². The Morgan fingerprint density at radius 2 is 1.74 bits per heavy atom. The number of hydrogen-bond donors (Lipinski definition) is 3. The molecule has 9 nitrogen and oxygen atoms in total. The van der Waals surface area contributed by atoms with E-state index >= 15 is 0 Å². The summed E-state index contributed by atoms with van der Waals surface area (Å²) in [5, 5.41) is 8.92. The molecule has 3 rings (SSSR count). The Labute approximate surface area is 250 Å². The summed E-state index contributed by atoms with van der Waals surface area (Å²) >= 11 is 0. The minimum absolute atomic E-state index is 0.0457. The predicted octanol–water partition coefficient (Wildman–Crippen LogP) is 2.99. The van der Waals surface area contributed by atoms with Crippen molar-refractivity contribution in [1.82, 2.24) is 25.8 Å². The Hall–Kier alpha value is -3.56. The summed E-state index contributed by atoms with van der Waals surface area (Å²) in [7, 11) is 3.66. The molecule has 3 N–H and O–H groups in total. The van der Waals surface area contributed by atoms with Crippen molar-refractivity contribution in [2.45, 2.75) is 70.6 Å². The van der Waals surface area contributed by atoms with Gasteiger partial charge >= 0.3 is 0 Å². The van der Waals surface area contributed by atoms with Gasteiger partial charge in [0.15, 0.2) is 0 Å². The van der Waals surface area contributed by atoms with Crippen molar-refractivity contribution in [3.63, 3.8) is 0 Å². The highest BCUT2D eigenvalue weighted by atomic mass is 16.2. The second kappa shape index (κ2) is 15.6. The Morgan fingerprint density at radius 3 is 2.36 bits per heavy atom. The molecule has 1 aliphatic rings. The first kappa shape index (κ1) is 32.9. The largest absolute Gasteiger partial charge is 0.350 e. The SMILES string of the molecule is CNC(C)C(=O)N(CCC1(C(=O)NCc2ccccc2-c2ccccc2)CCCN1C)CC(C=O)NC(=O)CC(C)C. The molecule has 0 radical (unpaired) electrons. The lowest BCUT2D eigenvalue weighted by molar-refractivity contribution is -0.137. The van der Waals surface area contributed by atoms with Crippen LogP contribution in [-0.2, 0) is 25.7 Å². The summed E-state index contributed by atoms with van der Waals surface area (Å²) in [6.45, 7) is 7.10. The third-order valence-electron chi connectivity index (χ3n) is 8.21. The number of carbonyl (C=O) groups is 4. The van der Waals surface area contributed by atoms with Crippen LogP contribution >= 0.6 is 0 Å². The van der Waals surface area contributed by atoms with Gasteiger partial charge < -0.3 is 25.6 Å². The molecule has 1 heterocycles. The van der Waals surface area contributed by atoms with Crippen molar-refractivity contribution >= 4 is 24.0 Å². The molecule has 0 aromatic heterocycles. The van der Waals surface area contributed by atoms with Crippen molar-refractivity contribution in [2.75, 3.05) is 33.7 Å². The number of likely N-dealkylation sites (N-methyl/N-ethyl adjacent to an activating group) is 2. The molecule has 1 saturated heterocycles. The number of likely N-dealkylation sites (tertiary alicyclic amines) is 1. The fourth-order valence-electron chi connectivity index (χ4n) is 5.65. The third-order valence-corrected chi connectivity index (χ3v) is 8.21. The minimum Gasteiger partial charge on any atom is -0.350 e. The summed E-state index contributed by atoms with van der Waals surface area (Å²) in [6, 6.07) is 16.8. The van der Waals surface area contributed by atoms with Crippen LogP contribution < -0.4 is 16.0 Å². The first-order chi connectivity index (χ1) is 20.1. The molecule has 0 aliphatic carbocycles. The molecule has 0 saturated carbocycles. The van der Waals surface area contributed by atoms with Crippen LogP contribution in [0.4, 0.5) is 0 Å². The summed E-state index contributed by atoms with van der Waals surface area (Å²) in [6.07, 6.45) is 2.92. The molecule has 3 atom stereocenters. The molecule has 2 aromatic carbocycles. The average molecular weight is 578 g/mol. The number of hydrogen-bond acceptors (Lipinski definition) is 6. The molecule has 1 aliphatic heterocycles. The van der Waals surface area contributed by atoms with Gasteiger partial charge in [-0.3, -0.25) is 19.3 Å². The van der Waals surface area contributed by atoms with Crippen molar-refractivity contribution in [1.29, 1.82) is 0 Å². The topological polar surface area (TPSA) is 111 Å². The predicted molar refractivity (Wildman–Crippen MR) is 165 cm³/mol. The molecule has 3 unspecified atom stereocenters. The number of amides is 3. The first-order valence-electron chi connectivity index (χ1n) is 14.9. The van der Waals surface area contributed by atoms with E-state index in [-0.39, 0.29) is 36.7 Å². The molecule has 0 bridgehead atoms. The quantitative estimate of drug-likeness (QED) is 0.281. The van der Waals surface area contributed by atoms with E-state index in [0.717, 1.165) is 29.7 Å². The van der Waals surface area contributed by atoms with Crippen LogP contribution in [0, 0.1) is 5.92 Å². The Balaban J connectivity index is 1.77. The highest BCUT2D eigenvalue weighted by molar-refractivity contribution is 5.87. The van der Waals surface area contributed by atoms with E-state index < -0.39 is 17.6 Å². The summed E-state index contributed by atoms with van der Waals surface area (Å²) in [4.78, 5) is 55.2. The summed E-state index contributed by atoms with van der Waals surface area (Å²) in [5.41, 5.74) is 2.40. The summed E-state index contributed by atoms with van der Waals surface area (Å²) < 4.78 is 0. The van der Waals surface area contributed by atoms with E-state index in [1.165, 1.54) is 0 Å². The van der Waals surface area contributed by atoms with Gasteiger partial charge in [-0.15, -0.1) is 0 Å². The normalized spacial score (nSPS) is 18.3. The zero-order chi connectivity index (χ0) is 30.7. The molecule has 42 heavy (non-hydrogen) atoms. The number of benzene rings is 2. The second-order valence-electron chi connectivity index (χ2n) is 11.7. The molecule has 2 aromatic rings. The van der Waals surface area contributed by atoms with Crippen LogP contribution in [0.15, 0.2) is 54.6 Å². The fraction of sp³-hybridized carbons (Fsp3) is 0.515. The van der Waals surface area contributed by atoms with E-state index in [2.05, 4.69) is 39.0 Å². The second-order valence-corrected chi connectivity index (χ2v) is 11.7. The molecular weight excluding hydrogens is 530 g/mol. The number of nitrogens with zero attached hydrogens (tertiary/aromatic N) is 2. The van der Waals surface area contributed by atoms with Crippen molar-refractivity contribution in [2.24, 2.45) is 5.92 Å². The first-order valence-corrected chi connectivity index (χ1v) is 14.9. The van der Waals surface area contributed by atoms with Crippen molar-refractivity contribution in [3.05, 3.63) is 60.2 Å². The van der Waals surface area contributed by atoms with Gasteiger partial charge in [-0.1, -0.05) is 68.4 Å². The van der Waals surface area contributed by atoms with Crippen LogP contribution in [0.2, 0.25) is 0 Å². The Kier molecular flexibility index (Phi) is 12.2. The molecule has 228 valence electrons. The number of rotatable bonds is 15. The van der Waals surface area contributed by atoms with Gasteiger partial charge in [0.05, 0.1) is 6.04 Å². The molecular formula is C33H47N5O4. The van der Waals surface area contributed by atoms with Gasteiger partial charge in [0.2, 0.25) is 17.7 Å². The van der Waals surface area contributed by atoms with E-state index in [9.17, 15) is 19.2 Å². The maximum Gasteiger partial charge on any atom is 0.240 e. The lowest BCUT2D eigenvalue weighted by Gasteiger charge is -2.37. The number of nitrogens with one attached hydrogen (secondary N) is 3. The lowest BCUT2D eigenvalue weighted by atomic mass is 9.90. The van der Waals surface area contributed by atoms with Crippen LogP contribution in [0.5, 0.6) is 0 Å². The Bertz CT molecular complexity index is 1200. The maximum absolute atomic E-state index is 13.9. The van der Waals surface area contributed by atoms with Crippen LogP contribution in [0.1, 0.15) is 52.0 Å². The molecule has 9 heteroatoms.